The van der Waals surface area contributed by atoms with Crippen molar-refractivity contribution in [2.45, 2.75) is 31.1 Å². The monoisotopic (exact) mass is 322 g/mol. The number of nitrogens with zero attached hydrogens (tertiary/aromatic N) is 1. The van der Waals surface area contributed by atoms with Crippen molar-refractivity contribution in [3.63, 3.8) is 0 Å². The number of benzene rings is 1. The molecule has 0 bridgehead atoms. The summed E-state index contributed by atoms with van der Waals surface area (Å²) in [5, 5.41) is 7.31. The van der Waals surface area contributed by atoms with Gasteiger partial charge in [-0.05, 0) is 42.9 Å². The fraction of sp³-hybridized carbons (Fsp3) is 0.438. The number of thiazole rings is 1. The van der Waals surface area contributed by atoms with E-state index in [1.807, 2.05) is 0 Å². The van der Waals surface area contributed by atoms with E-state index in [0.717, 1.165) is 34.6 Å². The Labute approximate surface area is 133 Å². The lowest BCUT2D eigenvalue weighted by Gasteiger charge is -2.21. The van der Waals surface area contributed by atoms with Gasteiger partial charge in [-0.25, -0.2) is 9.37 Å². The number of thioether (sulfide) groups is 1. The lowest BCUT2D eigenvalue weighted by Crippen LogP contribution is -2.26. The first-order valence-electron chi connectivity index (χ1n) is 7.34. The summed E-state index contributed by atoms with van der Waals surface area (Å²) in [4.78, 5) is 4.62. The van der Waals surface area contributed by atoms with Crippen LogP contribution in [0.1, 0.15) is 25.0 Å². The molecule has 21 heavy (non-hydrogen) atoms. The summed E-state index contributed by atoms with van der Waals surface area (Å²) in [6.07, 6.45) is 4.06. The molecular weight excluding hydrogens is 303 g/mol. The number of halogens is 1. The van der Waals surface area contributed by atoms with E-state index in [2.05, 4.69) is 27.4 Å². The van der Waals surface area contributed by atoms with Crippen molar-refractivity contribution in [2.75, 3.05) is 12.3 Å². The molecule has 2 heterocycles. The van der Waals surface area contributed by atoms with Crippen LogP contribution in [-0.2, 0) is 6.54 Å². The van der Waals surface area contributed by atoms with Crippen LogP contribution < -0.4 is 5.32 Å². The molecule has 1 aliphatic rings. The van der Waals surface area contributed by atoms with E-state index in [-0.39, 0.29) is 5.82 Å². The molecule has 1 aromatic heterocycles. The molecule has 0 spiro atoms. The van der Waals surface area contributed by atoms with Gasteiger partial charge in [-0.2, -0.15) is 11.8 Å². The van der Waals surface area contributed by atoms with E-state index < -0.39 is 0 Å². The molecule has 2 aromatic rings. The van der Waals surface area contributed by atoms with Crippen molar-refractivity contribution in [1.29, 1.82) is 0 Å². The van der Waals surface area contributed by atoms with Crippen LogP contribution in [0.2, 0.25) is 0 Å². The largest absolute Gasteiger partial charge is 0.310 e. The highest BCUT2D eigenvalue weighted by molar-refractivity contribution is 7.99. The third-order valence-corrected chi connectivity index (χ3v) is 5.93. The molecule has 5 heteroatoms. The summed E-state index contributed by atoms with van der Waals surface area (Å²) in [6, 6.07) is 6.53. The van der Waals surface area contributed by atoms with Crippen LogP contribution in [0, 0.1) is 5.82 Å². The van der Waals surface area contributed by atoms with E-state index in [1.165, 1.54) is 37.1 Å². The zero-order valence-electron chi connectivity index (χ0n) is 11.8. The molecule has 0 saturated carbocycles. The van der Waals surface area contributed by atoms with Crippen LogP contribution in [0.3, 0.4) is 0 Å². The van der Waals surface area contributed by atoms with Crippen LogP contribution in [-0.4, -0.2) is 22.5 Å². The molecule has 1 N–H and O–H groups in total. The van der Waals surface area contributed by atoms with Crippen molar-refractivity contribution < 1.29 is 4.39 Å². The maximum atomic E-state index is 12.9. The molecule has 0 aliphatic carbocycles. The Balaban J connectivity index is 1.51. The van der Waals surface area contributed by atoms with E-state index >= 15 is 0 Å². The summed E-state index contributed by atoms with van der Waals surface area (Å²) in [5.74, 6) is 1.10. The van der Waals surface area contributed by atoms with Gasteiger partial charge in [0, 0.05) is 29.3 Å². The second-order valence-corrected chi connectivity index (χ2v) is 7.54. The fourth-order valence-corrected chi connectivity index (χ4v) is 4.54. The lowest BCUT2D eigenvalue weighted by molar-refractivity contribution is 0.594. The average Bonchev–Trinajstić information content (AvgIpc) is 2.98. The van der Waals surface area contributed by atoms with E-state index in [4.69, 9.17) is 0 Å². The minimum absolute atomic E-state index is 0.206. The van der Waals surface area contributed by atoms with Crippen LogP contribution in [0.4, 0.5) is 4.39 Å². The molecule has 1 saturated heterocycles. The Morgan fingerprint density at radius 3 is 2.86 bits per heavy atom. The number of nitrogens with one attached hydrogen (secondary N) is 1. The van der Waals surface area contributed by atoms with Gasteiger partial charge in [0.1, 0.15) is 10.8 Å². The van der Waals surface area contributed by atoms with Crippen LogP contribution in [0.15, 0.2) is 29.6 Å². The Morgan fingerprint density at radius 1 is 1.24 bits per heavy atom. The van der Waals surface area contributed by atoms with Gasteiger partial charge in [0.2, 0.25) is 0 Å². The van der Waals surface area contributed by atoms with Crippen molar-refractivity contribution in [3.05, 3.63) is 41.2 Å². The van der Waals surface area contributed by atoms with Crippen molar-refractivity contribution >= 4 is 23.1 Å². The third-order valence-electron chi connectivity index (χ3n) is 3.60. The zero-order valence-corrected chi connectivity index (χ0v) is 13.5. The Kier molecular flexibility index (Phi) is 5.27. The predicted molar refractivity (Wildman–Crippen MR) is 89.3 cm³/mol. The number of aromatic nitrogens is 1. The van der Waals surface area contributed by atoms with Gasteiger partial charge in [0.25, 0.3) is 0 Å². The highest BCUT2D eigenvalue weighted by Gasteiger charge is 2.13. The topological polar surface area (TPSA) is 24.9 Å². The van der Waals surface area contributed by atoms with Gasteiger partial charge in [0.05, 0.1) is 5.69 Å². The third kappa shape index (κ3) is 4.28. The van der Waals surface area contributed by atoms with Gasteiger partial charge in [0.15, 0.2) is 0 Å². The van der Waals surface area contributed by atoms with Gasteiger partial charge in [-0.3, -0.25) is 0 Å². The van der Waals surface area contributed by atoms with Crippen molar-refractivity contribution in [3.8, 4) is 10.6 Å². The summed E-state index contributed by atoms with van der Waals surface area (Å²) in [7, 11) is 0. The second-order valence-electron chi connectivity index (χ2n) is 5.27. The standard InChI is InChI=1S/C16H19FN2S2/c17-13-6-4-12(5-7-13)16-19-14(11-21-16)9-18-10-15-3-1-2-8-20-15/h4-7,11,15,18H,1-3,8-10H2. The minimum Gasteiger partial charge on any atom is -0.310 e. The normalized spacial score (nSPS) is 18.8. The molecule has 2 nitrogen and oxygen atoms in total. The molecule has 1 fully saturated rings. The average molecular weight is 322 g/mol. The summed E-state index contributed by atoms with van der Waals surface area (Å²) < 4.78 is 12.9. The van der Waals surface area contributed by atoms with Crippen LogP contribution in [0.25, 0.3) is 10.6 Å². The first-order valence-corrected chi connectivity index (χ1v) is 9.27. The van der Waals surface area contributed by atoms with Gasteiger partial charge in [-0.15, -0.1) is 11.3 Å². The molecule has 0 radical (unpaired) electrons. The molecule has 1 unspecified atom stereocenters. The highest BCUT2D eigenvalue weighted by Crippen LogP contribution is 2.25. The van der Waals surface area contributed by atoms with Crippen molar-refractivity contribution in [2.24, 2.45) is 0 Å². The lowest BCUT2D eigenvalue weighted by atomic mass is 10.2. The maximum Gasteiger partial charge on any atom is 0.123 e. The Hall–Kier alpha value is -0.910. The smallest absolute Gasteiger partial charge is 0.123 e. The maximum absolute atomic E-state index is 12.9. The quantitative estimate of drug-likeness (QED) is 0.887. The van der Waals surface area contributed by atoms with Gasteiger partial charge in [-0.1, -0.05) is 6.42 Å². The summed E-state index contributed by atoms with van der Waals surface area (Å²) >= 11 is 3.70. The Bertz CT molecular complexity index is 562. The molecule has 3 rings (SSSR count). The number of hydrogen-bond donors (Lipinski definition) is 1. The van der Waals surface area contributed by atoms with E-state index in [1.54, 1.807) is 23.5 Å². The highest BCUT2D eigenvalue weighted by atomic mass is 32.2. The van der Waals surface area contributed by atoms with Gasteiger partial charge < -0.3 is 5.32 Å². The molecule has 0 amide bonds. The first kappa shape index (κ1) is 15.0. The Morgan fingerprint density at radius 2 is 2.10 bits per heavy atom. The van der Waals surface area contributed by atoms with E-state index in [0.29, 0.717) is 0 Å². The molecule has 112 valence electrons. The number of rotatable bonds is 5. The molecular formula is C16H19FN2S2. The zero-order chi connectivity index (χ0) is 14.5. The SMILES string of the molecule is Fc1ccc(-c2nc(CNCC3CCCCS3)cs2)cc1. The summed E-state index contributed by atoms with van der Waals surface area (Å²) in [6.45, 7) is 1.88. The van der Waals surface area contributed by atoms with E-state index in [9.17, 15) is 4.39 Å². The van der Waals surface area contributed by atoms with Crippen molar-refractivity contribution in [1.82, 2.24) is 10.3 Å². The van der Waals surface area contributed by atoms with Crippen LogP contribution in [0.5, 0.6) is 0 Å². The predicted octanol–water partition coefficient (Wildman–Crippen LogP) is 4.32. The molecule has 1 aliphatic heterocycles. The first-order chi connectivity index (χ1) is 10.3. The number of hydrogen-bond acceptors (Lipinski definition) is 4. The molecule has 1 atom stereocenters. The minimum atomic E-state index is -0.206. The summed E-state index contributed by atoms with van der Waals surface area (Å²) in [5.41, 5.74) is 2.05. The van der Waals surface area contributed by atoms with Gasteiger partial charge >= 0.3 is 0 Å². The fourth-order valence-electron chi connectivity index (χ4n) is 2.44. The second kappa shape index (κ2) is 7.38. The molecule has 1 aromatic carbocycles. The van der Waals surface area contributed by atoms with Crippen LogP contribution >= 0.6 is 23.1 Å².